The highest BCUT2D eigenvalue weighted by molar-refractivity contribution is 7.91. The standard InChI is InChI=1S/C18H21NO3S/c1-13-4-6-17(7-5-13)19-18(20)12-23(21,22)11-16-9-14(2)8-15(3)10-16/h4-10H,11-12H2,1-3H3,(H,19,20). The van der Waals surface area contributed by atoms with Crippen LogP contribution in [0.1, 0.15) is 22.3 Å². The fourth-order valence-corrected chi connectivity index (χ4v) is 3.74. The van der Waals surface area contributed by atoms with Gasteiger partial charge in [-0.1, -0.05) is 47.0 Å². The molecule has 0 saturated heterocycles. The van der Waals surface area contributed by atoms with Gasteiger partial charge in [0.1, 0.15) is 5.75 Å². The first kappa shape index (κ1) is 17.2. The van der Waals surface area contributed by atoms with E-state index in [0.717, 1.165) is 16.7 Å². The number of carbonyl (C=O) groups excluding carboxylic acids is 1. The molecular formula is C18H21NO3S. The zero-order valence-electron chi connectivity index (χ0n) is 13.6. The topological polar surface area (TPSA) is 63.2 Å². The van der Waals surface area contributed by atoms with E-state index in [1.807, 2.05) is 51.1 Å². The summed E-state index contributed by atoms with van der Waals surface area (Å²) in [5, 5.41) is 2.62. The molecule has 2 rings (SSSR count). The SMILES string of the molecule is Cc1ccc(NC(=O)CS(=O)(=O)Cc2cc(C)cc(C)c2)cc1. The predicted molar refractivity (Wildman–Crippen MR) is 93.2 cm³/mol. The van der Waals surface area contributed by atoms with Gasteiger partial charge in [0.15, 0.2) is 9.84 Å². The van der Waals surface area contributed by atoms with E-state index >= 15 is 0 Å². The van der Waals surface area contributed by atoms with Gasteiger partial charge in [0.05, 0.1) is 5.75 Å². The number of nitrogens with one attached hydrogen (secondary N) is 1. The molecule has 2 aromatic rings. The number of hydrogen-bond donors (Lipinski definition) is 1. The van der Waals surface area contributed by atoms with Gasteiger partial charge in [0.25, 0.3) is 0 Å². The van der Waals surface area contributed by atoms with E-state index in [1.165, 1.54) is 0 Å². The van der Waals surface area contributed by atoms with Gasteiger partial charge >= 0.3 is 0 Å². The van der Waals surface area contributed by atoms with Crippen molar-refractivity contribution in [2.45, 2.75) is 26.5 Å². The second-order valence-electron chi connectivity index (χ2n) is 5.94. The van der Waals surface area contributed by atoms with Crippen molar-refractivity contribution >= 4 is 21.4 Å². The Morgan fingerprint density at radius 2 is 1.48 bits per heavy atom. The highest BCUT2D eigenvalue weighted by Gasteiger charge is 2.18. The summed E-state index contributed by atoms with van der Waals surface area (Å²) < 4.78 is 24.4. The Balaban J connectivity index is 2.02. The highest BCUT2D eigenvalue weighted by Crippen LogP contribution is 2.13. The number of sulfone groups is 1. The van der Waals surface area contributed by atoms with Crippen molar-refractivity contribution in [3.8, 4) is 0 Å². The van der Waals surface area contributed by atoms with Crippen LogP contribution >= 0.6 is 0 Å². The number of carbonyl (C=O) groups is 1. The van der Waals surface area contributed by atoms with Crippen LogP contribution in [0.15, 0.2) is 42.5 Å². The molecular weight excluding hydrogens is 310 g/mol. The lowest BCUT2D eigenvalue weighted by molar-refractivity contribution is -0.113. The van der Waals surface area contributed by atoms with E-state index in [1.54, 1.807) is 12.1 Å². The first-order chi connectivity index (χ1) is 10.7. The summed E-state index contributed by atoms with van der Waals surface area (Å²) >= 11 is 0. The molecule has 0 bridgehead atoms. The van der Waals surface area contributed by atoms with Crippen LogP contribution in [-0.2, 0) is 20.4 Å². The lowest BCUT2D eigenvalue weighted by Gasteiger charge is -2.08. The molecule has 1 amide bonds. The summed E-state index contributed by atoms with van der Waals surface area (Å²) in [6.07, 6.45) is 0. The zero-order valence-corrected chi connectivity index (χ0v) is 14.4. The Bertz CT molecular complexity index is 788. The van der Waals surface area contributed by atoms with Crippen LogP contribution in [-0.4, -0.2) is 20.1 Å². The summed E-state index contributed by atoms with van der Waals surface area (Å²) in [6.45, 7) is 5.79. The third-order valence-corrected chi connectivity index (χ3v) is 4.83. The molecule has 5 heteroatoms. The lowest BCUT2D eigenvalue weighted by Crippen LogP contribution is -2.24. The molecule has 23 heavy (non-hydrogen) atoms. The van der Waals surface area contributed by atoms with Crippen LogP contribution in [0.4, 0.5) is 5.69 Å². The Morgan fingerprint density at radius 3 is 2.04 bits per heavy atom. The maximum atomic E-state index is 12.2. The quantitative estimate of drug-likeness (QED) is 0.915. The smallest absolute Gasteiger partial charge is 0.239 e. The Kier molecular flexibility index (Phi) is 5.21. The minimum Gasteiger partial charge on any atom is -0.325 e. The maximum Gasteiger partial charge on any atom is 0.239 e. The lowest BCUT2D eigenvalue weighted by atomic mass is 10.1. The van der Waals surface area contributed by atoms with Crippen molar-refractivity contribution in [3.05, 3.63) is 64.7 Å². The molecule has 0 fully saturated rings. The van der Waals surface area contributed by atoms with E-state index in [9.17, 15) is 13.2 Å². The largest absolute Gasteiger partial charge is 0.325 e. The molecule has 0 spiro atoms. The van der Waals surface area contributed by atoms with Gasteiger partial charge < -0.3 is 5.32 Å². The second kappa shape index (κ2) is 6.96. The van der Waals surface area contributed by atoms with E-state index in [4.69, 9.17) is 0 Å². The van der Waals surface area contributed by atoms with Crippen molar-refractivity contribution in [2.75, 3.05) is 11.1 Å². The van der Waals surface area contributed by atoms with Crippen LogP contribution in [0.25, 0.3) is 0 Å². The van der Waals surface area contributed by atoms with Crippen LogP contribution in [0.3, 0.4) is 0 Å². The molecule has 0 aromatic heterocycles. The number of benzene rings is 2. The van der Waals surface area contributed by atoms with Crippen molar-refractivity contribution < 1.29 is 13.2 Å². The molecule has 0 unspecified atom stereocenters. The molecule has 0 heterocycles. The van der Waals surface area contributed by atoms with Crippen molar-refractivity contribution in [3.63, 3.8) is 0 Å². The minimum absolute atomic E-state index is 0.128. The normalized spacial score (nSPS) is 11.3. The van der Waals surface area contributed by atoms with Gasteiger partial charge in [0, 0.05) is 5.69 Å². The number of amides is 1. The van der Waals surface area contributed by atoms with Crippen molar-refractivity contribution in [1.82, 2.24) is 0 Å². The predicted octanol–water partition coefficient (Wildman–Crippen LogP) is 3.17. The Morgan fingerprint density at radius 1 is 0.913 bits per heavy atom. The average Bonchev–Trinajstić information content (AvgIpc) is 2.38. The van der Waals surface area contributed by atoms with Gasteiger partial charge in [-0.15, -0.1) is 0 Å². The molecule has 2 aromatic carbocycles. The van der Waals surface area contributed by atoms with Gasteiger partial charge in [-0.05, 0) is 38.5 Å². The Hall–Kier alpha value is -2.14. The van der Waals surface area contributed by atoms with Gasteiger partial charge in [-0.2, -0.15) is 0 Å². The van der Waals surface area contributed by atoms with Crippen LogP contribution in [0.2, 0.25) is 0 Å². The number of hydrogen-bond acceptors (Lipinski definition) is 3. The number of rotatable bonds is 5. The second-order valence-corrected chi connectivity index (χ2v) is 8.01. The molecule has 4 nitrogen and oxygen atoms in total. The van der Waals surface area contributed by atoms with Crippen LogP contribution in [0, 0.1) is 20.8 Å². The van der Waals surface area contributed by atoms with Crippen LogP contribution < -0.4 is 5.32 Å². The maximum absolute atomic E-state index is 12.2. The molecule has 0 aliphatic carbocycles. The van der Waals surface area contributed by atoms with Gasteiger partial charge in [-0.3, -0.25) is 4.79 Å². The third kappa shape index (κ3) is 5.53. The van der Waals surface area contributed by atoms with Gasteiger partial charge in [0.2, 0.25) is 5.91 Å². The molecule has 122 valence electrons. The molecule has 0 aliphatic rings. The molecule has 0 saturated carbocycles. The van der Waals surface area contributed by atoms with Gasteiger partial charge in [-0.25, -0.2) is 8.42 Å². The first-order valence-corrected chi connectivity index (χ1v) is 9.20. The van der Waals surface area contributed by atoms with Crippen molar-refractivity contribution in [1.29, 1.82) is 0 Å². The van der Waals surface area contributed by atoms with E-state index in [2.05, 4.69) is 5.32 Å². The fourth-order valence-electron chi connectivity index (χ4n) is 2.49. The zero-order chi connectivity index (χ0) is 17.0. The molecule has 0 atom stereocenters. The minimum atomic E-state index is -3.51. The summed E-state index contributed by atoms with van der Waals surface area (Å²) in [6, 6.07) is 12.9. The number of aryl methyl sites for hydroxylation is 3. The number of anilines is 1. The molecule has 0 aliphatic heterocycles. The Labute approximate surface area is 137 Å². The average molecular weight is 331 g/mol. The summed E-state index contributed by atoms with van der Waals surface area (Å²) in [5.74, 6) is -1.16. The first-order valence-electron chi connectivity index (χ1n) is 7.38. The van der Waals surface area contributed by atoms with Crippen LogP contribution in [0.5, 0.6) is 0 Å². The highest BCUT2D eigenvalue weighted by atomic mass is 32.2. The molecule has 0 radical (unpaired) electrons. The van der Waals surface area contributed by atoms with E-state index in [-0.39, 0.29) is 5.75 Å². The third-order valence-electron chi connectivity index (χ3n) is 3.35. The van der Waals surface area contributed by atoms with Crippen molar-refractivity contribution in [2.24, 2.45) is 0 Å². The fraction of sp³-hybridized carbons (Fsp3) is 0.278. The van der Waals surface area contributed by atoms with E-state index < -0.39 is 21.5 Å². The summed E-state index contributed by atoms with van der Waals surface area (Å²) in [7, 11) is -3.51. The van der Waals surface area contributed by atoms with E-state index in [0.29, 0.717) is 11.3 Å². The summed E-state index contributed by atoms with van der Waals surface area (Å²) in [4.78, 5) is 11.9. The monoisotopic (exact) mass is 331 g/mol. The molecule has 1 N–H and O–H groups in total. The summed E-state index contributed by atoms with van der Waals surface area (Å²) in [5.41, 5.74) is 4.41.